The van der Waals surface area contributed by atoms with E-state index in [0.29, 0.717) is 5.75 Å². The second-order valence-corrected chi connectivity index (χ2v) is 7.21. The van der Waals surface area contributed by atoms with Crippen molar-refractivity contribution in [1.82, 2.24) is 0 Å². The van der Waals surface area contributed by atoms with Gasteiger partial charge in [-0.25, -0.2) is 0 Å². The van der Waals surface area contributed by atoms with Gasteiger partial charge in [0.2, 0.25) is 0 Å². The molecule has 4 heteroatoms. The van der Waals surface area contributed by atoms with Gasteiger partial charge in [-0.3, -0.25) is 0 Å². The summed E-state index contributed by atoms with van der Waals surface area (Å²) >= 11 is 0. The molecule has 1 aromatic carbocycles. The molecule has 0 saturated carbocycles. The summed E-state index contributed by atoms with van der Waals surface area (Å²) in [4.78, 5) is 18.4. The molecule has 102 valence electrons. The average molecular weight is 270 g/mol. The lowest BCUT2D eigenvalue weighted by atomic mass is 9.80. The Morgan fingerprint density at radius 1 is 0.889 bits per heavy atom. The summed E-state index contributed by atoms with van der Waals surface area (Å²) in [5, 5.41) is 0. The van der Waals surface area contributed by atoms with Crippen LogP contribution in [0.1, 0.15) is 52.7 Å². The van der Waals surface area contributed by atoms with Crippen LogP contribution in [0.2, 0.25) is 0 Å². The van der Waals surface area contributed by atoms with Crippen LogP contribution in [0.25, 0.3) is 0 Å². The molecule has 0 atom stereocenters. The van der Waals surface area contributed by atoms with Crippen molar-refractivity contribution in [2.24, 2.45) is 0 Å². The monoisotopic (exact) mass is 270 g/mol. The van der Waals surface area contributed by atoms with Crippen LogP contribution >= 0.6 is 8.60 Å². The Morgan fingerprint density at radius 2 is 1.28 bits per heavy atom. The van der Waals surface area contributed by atoms with Crippen LogP contribution in [0, 0.1) is 0 Å². The minimum Gasteiger partial charge on any atom is -0.426 e. The fraction of sp³-hybridized carbons (Fsp3) is 0.571. The summed E-state index contributed by atoms with van der Waals surface area (Å²) in [6.45, 7) is 12.5. The number of para-hydroxylation sites is 1. The third kappa shape index (κ3) is 3.68. The lowest BCUT2D eigenvalue weighted by Gasteiger charge is -2.29. The molecule has 0 aliphatic carbocycles. The molecule has 0 spiro atoms. The van der Waals surface area contributed by atoms with Gasteiger partial charge in [-0.15, -0.1) is 0 Å². The zero-order valence-electron chi connectivity index (χ0n) is 12.0. The van der Waals surface area contributed by atoms with E-state index >= 15 is 0 Å². The quantitative estimate of drug-likeness (QED) is 0.802. The lowest BCUT2D eigenvalue weighted by Crippen LogP contribution is -2.18. The van der Waals surface area contributed by atoms with Crippen LogP contribution < -0.4 is 4.52 Å². The van der Waals surface area contributed by atoms with E-state index in [9.17, 15) is 9.79 Å². The first-order chi connectivity index (χ1) is 8.03. The van der Waals surface area contributed by atoms with Crippen molar-refractivity contribution in [3.63, 3.8) is 0 Å². The van der Waals surface area contributed by atoms with E-state index in [1.165, 1.54) is 0 Å². The van der Waals surface area contributed by atoms with Crippen LogP contribution in [-0.4, -0.2) is 9.79 Å². The Kier molecular flexibility index (Phi) is 4.42. The molecule has 3 nitrogen and oxygen atoms in total. The molecule has 1 aromatic rings. The van der Waals surface area contributed by atoms with Gasteiger partial charge >= 0.3 is 8.60 Å². The Balaban J connectivity index is 3.45. The largest absolute Gasteiger partial charge is 0.426 e. The Hall–Kier alpha value is -0.630. The van der Waals surface area contributed by atoms with Crippen molar-refractivity contribution < 1.29 is 14.3 Å². The van der Waals surface area contributed by atoms with Crippen molar-refractivity contribution in [2.45, 2.75) is 52.4 Å². The van der Waals surface area contributed by atoms with Gasteiger partial charge in [0, 0.05) is 11.1 Å². The maximum absolute atomic E-state index is 9.18. The van der Waals surface area contributed by atoms with Gasteiger partial charge in [0.1, 0.15) is 5.75 Å². The van der Waals surface area contributed by atoms with E-state index in [4.69, 9.17) is 4.52 Å². The summed E-state index contributed by atoms with van der Waals surface area (Å²) in [6.07, 6.45) is 0. The minimum atomic E-state index is -2.40. The Bertz CT molecular complexity index is 382. The predicted octanol–water partition coefficient (Wildman–Crippen LogP) is 3.87. The molecule has 2 N–H and O–H groups in total. The van der Waals surface area contributed by atoms with Gasteiger partial charge in [-0.1, -0.05) is 59.7 Å². The molecule has 0 aromatic heterocycles. The summed E-state index contributed by atoms with van der Waals surface area (Å²) in [5.74, 6) is 0.605. The first-order valence-electron chi connectivity index (χ1n) is 6.03. The van der Waals surface area contributed by atoms with Gasteiger partial charge in [-0.2, -0.15) is 0 Å². The topological polar surface area (TPSA) is 49.7 Å². The normalized spacial score (nSPS) is 12.9. The molecule has 0 radical (unpaired) electrons. The Labute approximate surface area is 111 Å². The van der Waals surface area contributed by atoms with Crippen molar-refractivity contribution in [2.75, 3.05) is 0 Å². The summed E-state index contributed by atoms with van der Waals surface area (Å²) in [6, 6.07) is 5.94. The average Bonchev–Trinajstić information content (AvgIpc) is 2.13. The molecule has 18 heavy (non-hydrogen) atoms. The maximum atomic E-state index is 9.18. The fourth-order valence-electron chi connectivity index (χ4n) is 1.90. The third-order valence-electron chi connectivity index (χ3n) is 2.80. The number of hydrogen-bond acceptors (Lipinski definition) is 3. The summed E-state index contributed by atoms with van der Waals surface area (Å²) in [7, 11) is -2.40. The molecule has 0 aliphatic heterocycles. The molecule has 0 bridgehead atoms. The predicted molar refractivity (Wildman–Crippen MR) is 75.8 cm³/mol. The van der Waals surface area contributed by atoms with Gasteiger partial charge in [-0.05, 0) is 10.8 Å². The molecule has 0 aliphatic rings. The van der Waals surface area contributed by atoms with Gasteiger partial charge in [0.25, 0.3) is 0 Å². The highest BCUT2D eigenvalue weighted by molar-refractivity contribution is 7.39. The molecular weight excluding hydrogens is 247 g/mol. The fourth-order valence-corrected chi connectivity index (χ4v) is 2.26. The minimum absolute atomic E-state index is 0.109. The number of rotatable bonds is 2. The molecule has 0 fully saturated rings. The molecular formula is C14H23O3P. The highest BCUT2D eigenvalue weighted by Crippen LogP contribution is 2.43. The van der Waals surface area contributed by atoms with Crippen LogP contribution in [0.15, 0.2) is 18.2 Å². The second-order valence-electron chi connectivity index (χ2n) is 6.53. The zero-order chi connectivity index (χ0) is 14.1. The molecule has 0 heterocycles. The zero-order valence-corrected chi connectivity index (χ0v) is 12.9. The third-order valence-corrected chi connectivity index (χ3v) is 3.15. The van der Waals surface area contributed by atoms with Crippen molar-refractivity contribution in [3.05, 3.63) is 29.3 Å². The van der Waals surface area contributed by atoms with E-state index in [2.05, 4.69) is 41.5 Å². The van der Waals surface area contributed by atoms with E-state index in [1.54, 1.807) is 0 Å². The highest BCUT2D eigenvalue weighted by atomic mass is 31.2. The van der Waals surface area contributed by atoms with Crippen LogP contribution in [0.5, 0.6) is 5.75 Å². The standard InChI is InChI=1S/C14H23O3P/c1-13(2,3)10-8-7-9-11(14(4,5)6)12(10)17-18(15)16/h7-9,15-16H,1-6H3. The van der Waals surface area contributed by atoms with E-state index < -0.39 is 8.60 Å². The first-order valence-corrected chi connectivity index (χ1v) is 7.20. The van der Waals surface area contributed by atoms with Gasteiger partial charge < -0.3 is 14.3 Å². The SMILES string of the molecule is CC(C)(C)c1cccc(C(C)(C)C)c1OP(O)O. The van der Waals surface area contributed by atoms with Crippen LogP contribution in [0.3, 0.4) is 0 Å². The molecule has 0 amide bonds. The van der Waals surface area contributed by atoms with E-state index in [-0.39, 0.29) is 10.8 Å². The smallest absolute Gasteiger partial charge is 0.391 e. The van der Waals surface area contributed by atoms with Crippen molar-refractivity contribution >= 4 is 8.60 Å². The van der Waals surface area contributed by atoms with E-state index in [1.807, 2.05) is 18.2 Å². The van der Waals surface area contributed by atoms with Gasteiger partial charge in [0.15, 0.2) is 0 Å². The lowest BCUT2D eigenvalue weighted by molar-refractivity contribution is 0.364. The number of benzene rings is 1. The van der Waals surface area contributed by atoms with Crippen molar-refractivity contribution in [1.29, 1.82) is 0 Å². The number of hydrogen-bond donors (Lipinski definition) is 2. The Morgan fingerprint density at radius 3 is 1.56 bits per heavy atom. The highest BCUT2D eigenvalue weighted by Gasteiger charge is 2.27. The second kappa shape index (κ2) is 5.16. The van der Waals surface area contributed by atoms with Crippen LogP contribution in [0.4, 0.5) is 0 Å². The molecule has 0 unspecified atom stereocenters. The van der Waals surface area contributed by atoms with E-state index in [0.717, 1.165) is 11.1 Å². The maximum Gasteiger partial charge on any atom is 0.391 e. The van der Waals surface area contributed by atoms with Crippen molar-refractivity contribution in [3.8, 4) is 5.75 Å². The van der Waals surface area contributed by atoms with Gasteiger partial charge in [0.05, 0.1) is 0 Å². The first kappa shape index (κ1) is 15.4. The summed E-state index contributed by atoms with van der Waals surface area (Å²) < 4.78 is 5.31. The summed E-state index contributed by atoms with van der Waals surface area (Å²) in [5.41, 5.74) is 1.76. The molecule has 1 rings (SSSR count). The van der Waals surface area contributed by atoms with Crippen LogP contribution in [-0.2, 0) is 10.8 Å². The molecule has 0 saturated heterocycles.